The number of nitrogens with one attached hydrogen (secondary N) is 1. The number of rotatable bonds is 4. The largest absolute Gasteiger partial charge is 0.419 e. The van der Waals surface area contributed by atoms with Crippen molar-refractivity contribution in [1.29, 1.82) is 0 Å². The van der Waals surface area contributed by atoms with Gasteiger partial charge in [-0.1, -0.05) is 0 Å². The smallest absolute Gasteiger partial charge is 0.416 e. The predicted molar refractivity (Wildman–Crippen MR) is 79.1 cm³/mol. The number of hydrogen-bond donors (Lipinski definition) is 1. The van der Waals surface area contributed by atoms with E-state index in [0.29, 0.717) is 5.69 Å². The van der Waals surface area contributed by atoms with Gasteiger partial charge in [0, 0.05) is 18.1 Å². The molecule has 0 spiro atoms. The molecule has 0 aliphatic heterocycles. The third-order valence-corrected chi connectivity index (χ3v) is 3.06. The lowest BCUT2D eigenvalue weighted by Crippen LogP contribution is -2.15. The lowest BCUT2D eigenvalue weighted by molar-refractivity contribution is -0.137. The number of carbonyl (C=O) groups is 1. The van der Waals surface area contributed by atoms with Crippen molar-refractivity contribution >= 4 is 11.6 Å². The lowest BCUT2D eigenvalue weighted by atomic mass is 10.2. The van der Waals surface area contributed by atoms with Gasteiger partial charge in [-0.05, 0) is 24.3 Å². The van der Waals surface area contributed by atoms with E-state index in [1.807, 2.05) is 0 Å². The fourth-order valence-corrected chi connectivity index (χ4v) is 1.92. The van der Waals surface area contributed by atoms with Crippen LogP contribution in [0.3, 0.4) is 0 Å². The summed E-state index contributed by atoms with van der Waals surface area (Å²) in [5, 5.41) is 9.94. The lowest BCUT2D eigenvalue weighted by Gasteiger charge is -2.08. The first kappa shape index (κ1) is 16.6. The predicted octanol–water partition coefficient (Wildman–Crippen LogP) is 2.73. The van der Waals surface area contributed by atoms with E-state index in [1.165, 1.54) is 30.7 Å². The average Bonchev–Trinajstić information content (AvgIpc) is 3.03. The number of amides is 1. The molecule has 0 fully saturated rings. The number of alkyl halides is 3. The molecule has 7 nitrogen and oxygen atoms in total. The van der Waals surface area contributed by atoms with Gasteiger partial charge in [-0.25, -0.2) is 4.98 Å². The van der Waals surface area contributed by atoms with Crippen molar-refractivity contribution < 1.29 is 22.4 Å². The van der Waals surface area contributed by atoms with E-state index in [4.69, 9.17) is 4.42 Å². The van der Waals surface area contributed by atoms with Gasteiger partial charge in [0.05, 0.1) is 11.8 Å². The van der Waals surface area contributed by atoms with Crippen LogP contribution in [-0.2, 0) is 17.4 Å². The highest BCUT2D eigenvalue weighted by Gasteiger charge is 2.30. The summed E-state index contributed by atoms with van der Waals surface area (Å²) in [5.41, 5.74) is -0.202. The van der Waals surface area contributed by atoms with Crippen molar-refractivity contribution in [2.75, 3.05) is 5.32 Å². The van der Waals surface area contributed by atoms with Gasteiger partial charge in [0.1, 0.15) is 12.1 Å². The first-order valence-electron chi connectivity index (χ1n) is 6.98. The van der Waals surface area contributed by atoms with E-state index >= 15 is 0 Å². The van der Waals surface area contributed by atoms with Crippen LogP contribution >= 0.6 is 0 Å². The van der Waals surface area contributed by atoms with Crippen LogP contribution in [0.5, 0.6) is 0 Å². The molecule has 10 heteroatoms. The van der Waals surface area contributed by atoms with Crippen molar-refractivity contribution in [2.45, 2.75) is 12.6 Å². The standard InChI is InChI=1S/C15H10F3N5O2/c16-15(17,18)9-1-3-10(4-2-9)21-12(24)7-13-22-23-14(25-13)11-8-19-5-6-20-11/h1-6,8H,7H2,(H,21,24). The maximum absolute atomic E-state index is 12.5. The van der Waals surface area contributed by atoms with Gasteiger partial charge in [0.25, 0.3) is 5.89 Å². The molecule has 0 aliphatic carbocycles. The minimum absolute atomic E-state index is 0.0464. The van der Waals surface area contributed by atoms with Gasteiger partial charge in [-0.3, -0.25) is 9.78 Å². The Morgan fingerprint density at radius 3 is 2.52 bits per heavy atom. The van der Waals surface area contributed by atoms with E-state index in [9.17, 15) is 18.0 Å². The quantitative estimate of drug-likeness (QED) is 0.778. The maximum Gasteiger partial charge on any atom is 0.416 e. The summed E-state index contributed by atoms with van der Waals surface area (Å²) in [6.45, 7) is 0. The number of anilines is 1. The summed E-state index contributed by atoms with van der Waals surface area (Å²) in [7, 11) is 0. The first-order valence-corrected chi connectivity index (χ1v) is 6.98. The molecule has 0 radical (unpaired) electrons. The second-order valence-electron chi connectivity index (χ2n) is 4.89. The molecule has 1 N–H and O–H groups in total. The van der Waals surface area contributed by atoms with E-state index in [0.717, 1.165) is 12.1 Å². The Kier molecular flexibility index (Phi) is 4.42. The summed E-state index contributed by atoms with van der Waals surface area (Å²) in [4.78, 5) is 19.8. The Hall–Kier alpha value is -3.30. The molecule has 128 valence electrons. The Morgan fingerprint density at radius 1 is 1.12 bits per heavy atom. The zero-order valence-corrected chi connectivity index (χ0v) is 12.5. The first-order chi connectivity index (χ1) is 11.9. The fraction of sp³-hybridized carbons (Fsp3) is 0.133. The molecule has 3 aromatic rings. The van der Waals surface area contributed by atoms with Crippen molar-refractivity contribution in [1.82, 2.24) is 20.2 Å². The zero-order chi connectivity index (χ0) is 17.9. The van der Waals surface area contributed by atoms with Crippen LogP contribution in [0.4, 0.5) is 18.9 Å². The Morgan fingerprint density at radius 2 is 1.88 bits per heavy atom. The molecular weight excluding hydrogens is 339 g/mol. The Labute approximate surface area is 138 Å². The topological polar surface area (TPSA) is 93.8 Å². The van der Waals surface area contributed by atoms with E-state index in [-0.39, 0.29) is 23.9 Å². The monoisotopic (exact) mass is 349 g/mol. The van der Waals surface area contributed by atoms with E-state index in [1.54, 1.807) is 0 Å². The molecule has 0 bridgehead atoms. The van der Waals surface area contributed by atoms with Gasteiger partial charge < -0.3 is 9.73 Å². The van der Waals surface area contributed by atoms with Crippen molar-refractivity contribution in [3.05, 3.63) is 54.3 Å². The van der Waals surface area contributed by atoms with Crippen LogP contribution < -0.4 is 5.32 Å². The molecule has 2 heterocycles. The van der Waals surface area contributed by atoms with E-state index in [2.05, 4.69) is 25.5 Å². The van der Waals surface area contributed by atoms with Crippen molar-refractivity contribution in [3.63, 3.8) is 0 Å². The highest BCUT2D eigenvalue weighted by atomic mass is 19.4. The summed E-state index contributed by atoms with van der Waals surface area (Å²) in [6, 6.07) is 4.10. The maximum atomic E-state index is 12.5. The molecule has 3 rings (SSSR count). The third kappa shape index (κ3) is 4.16. The van der Waals surface area contributed by atoms with Crippen LogP contribution in [0.1, 0.15) is 11.5 Å². The SMILES string of the molecule is O=C(Cc1nnc(-c2cnccn2)o1)Nc1ccc(C(F)(F)F)cc1. The molecule has 2 aromatic heterocycles. The number of aromatic nitrogens is 4. The second kappa shape index (κ2) is 6.67. The van der Waals surface area contributed by atoms with E-state index < -0.39 is 17.6 Å². The van der Waals surface area contributed by atoms with Crippen LogP contribution in [0.2, 0.25) is 0 Å². The Bertz CT molecular complexity index is 863. The van der Waals surface area contributed by atoms with Crippen LogP contribution in [-0.4, -0.2) is 26.1 Å². The summed E-state index contributed by atoms with van der Waals surface area (Å²) < 4.78 is 42.8. The summed E-state index contributed by atoms with van der Waals surface area (Å²) in [5.74, 6) is -0.343. The minimum atomic E-state index is -4.43. The normalized spacial score (nSPS) is 11.3. The van der Waals surface area contributed by atoms with Gasteiger partial charge >= 0.3 is 6.18 Å². The number of hydrogen-bond acceptors (Lipinski definition) is 6. The van der Waals surface area contributed by atoms with Crippen LogP contribution in [0.25, 0.3) is 11.6 Å². The molecule has 1 amide bonds. The highest BCUT2D eigenvalue weighted by Crippen LogP contribution is 2.29. The van der Waals surface area contributed by atoms with Gasteiger partial charge in [0.15, 0.2) is 0 Å². The molecule has 0 unspecified atom stereocenters. The zero-order valence-electron chi connectivity index (χ0n) is 12.5. The molecular formula is C15H10F3N5O2. The molecule has 0 atom stereocenters. The number of benzene rings is 1. The van der Waals surface area contributed by atoms with Gasteiger partial charge in [-0.2, -0.15) is 13.2 Å². The third-order valence-electron chi connectivity index (χ3n) is 3.06. The number of halogens is 3. The molecule has 0 aliphatic rings. The van der Waals surface area contributed by atoms with Crippen LogP contribution in [0, 0.1) is 0 Å². The summed E-state index contributed by atoms with van der Waals surface area (Å²) in [6.07, 6.45) is -0.286. The van der Waals surface area contributed by atoms with Gasteiger partial charge in [0.2, 0.25) is 11.8 Å². The molecule has 25 heavy (non-hydrogen) atoms. The Balaban J connectivity index is 1.62. The van der Waals surface area contributed by atoms with Crippen LogP contribution in [0.15, 0.2) is 47.3 Å². The highest BCUT2D eigenvalue weighted by molar-refractivity contribution is 5.91. The second-order valence-corrected chi connectivity index (χ2v) is 4.89. The molecule has 1 aromatic carbocycles. The molecule has 0 saturated carbocycles. The molecule has 0 saturated heterocycles. The van der Waals surface area contributed by atoms with Gasteiger partial charge in [-0.15, -0.1) is 10.2 Å². The summed E-state index contributed by atoms with van der Waals surface area (Å²) >= 11 is 0. The number of carbonyl (C=O) groups excluding carboxylic acids is 1. The van der Waals surface area contributed by atoms with Crippen molar-refractivity contribution in [2.24, 2.45) is 0 Å². The average molecular weight is 349 g/mol. The number of nitrogens with zero attached hydrogens (tertiary/aromatic N) is 4. The fourth-order valence-electron chi connectivity index (χ4n) is 1.92. The van der Waals surface area contributed by atoms with Crippen molar-refractivity contribution in [3.8, 4) is 11.6 Å². The minimum Gasteiger partial charge on any atom is -0.419 e.